The summed E-state index contributed by atoms with van der Waals surface area (Å²) >= 11 is 5.86. The largest absolute Gasteiger partial charge is 0.494 e. The summed E-state index contributed by atoms with van der Waals surface area (Å²) < 4.78 is 28.8. The van der Waals surface area contributed by atoms with Gasteiger partial charge in [-0.15, -0.1) is 0 Å². The topological polar surface area (TPSA) is 72.4 Å². The molecule has 2 heterocycles. The fraction of sp³-hybridized carbons (Fsp3) is 0.524. The van der Waals surface area contributed by atoms with Crippen LogP contribution < -0.4 is 9.64 Å². The van der Waals surface area contributed by atoms with Gasteiger partial charge in [0, 0.05) is 19.3 Å². The molecule has 0 aliphatic carbocycles. The third-order valence-corrected chi connectivity index (χ3v) is 6.69. The Balaban J connectivity index is 1.37. The minimum Gasteiger partial charge on any atom is -0.494 e. The first kappa shape index (κ1) is 21.8. The van der Waals surface area contributed by atoms with Gasteiger partial charge in [-0.1, -0.05) is 18.5 Å². The molecule has 2 aromatic rings. The van der Waals surface area contributed by atoms with Gasteiger partial charge >= 0.3 is 0 Å². The summed E-state index contributed by atoms with van der Waals surface area (Å²) in [5.74, 6) is 2.76. The SMILES string of the molecule is C[C@H](CCOc1ccc(S(C)(=O)=O)cc1)CC1CCN(c2ncc(Cl)cn2)CC1. The molecule has 0 radical (unpaired) electrons. The van der Waals surface area contributed by atoms with Crippen LogP contribution in [0.3, 0.4) is 0 Å². The number of halogens is 1. The summed E-state index contributed by atoms with van der Waals surface area (Å²) in [7, 11) is -3.17. The number of benzene rings is 1. The van der Waals surface area contributed by atoms with Crippen LogP contribution in [0.2, 0.25) is 5.02 Å². The van der Waals surface area contributed by atoms with Gasteiger partial charge in [-0.05, 0) is 61.8 Å². The van der Waals surface area contributed by atoms with Crippen molar-refractivity contribution in [2.45, 2.75) is 37.5 Å². The number of hydrogen-bond acceptors (Lipinski definition) is 6. The van der Waals surface area contributed by atoms with Crippen LogP contribution in [0, 0.1) is 11.8 Å². The van der Waals surface area contributed by atoms with Crippen LogP contribution in [0.5, 0.6) is 5.75 Å². The Morgan fingerprint density at radius 3 is 2.38 bits per heavy atom. The maximum absolute atomic E-state index is 11.5. The van der Waals surface area contributed by atoms with Crippen molar-refractivity contribution in [2.24, 2.45) is 11.8 Å². The fourth-order valence-electron chi connectivity index (χ4n) is 3.69. The van der Waals surface area contributed by atoms with Crippen molar-refractivity contribution in [2.75, 3.05) is 30.9 Å². The lowest BCUT2D eigenvalue weighted by atomic mass is 9.87. The molecule has 0 saturated carbocycles. The van der Waals surface area contributed by atoms with E-state index < -0.39 is 9.84 Å². The zero-order valence-corrected chi connectivity index (χ0v) is 18.5. The summed E-state index contributed by atoms with van der Waals surface area (Å²) in [4.78, 5) is 11.2. The molecule has 1 aromatic heterocycles. The number of piperidine rings is 1. The van der Waals surface area contributed by atoms with E-state index >= 15 is 0 Å². The Morgan fingerprint density at radius 2 is 1.79 bits per heavy atom. The fourth-order valence-corrected chi connectivity index (χ4v) is 4.41. The molecule has 1 aromatic carbocycles. The highest BCUT2D eigenvalue weighted by molar-refractivity contribution is 7.90. The maximum atomic E-state index is 11.5. The molecule has 1 fully saturated rings. The van der Waals surface area contributed by atoms with Crippen LogP contribution >= 0.6 is 11.6 Å². The van der Waals surface area contributed by atoms with Crippen LogP contribution in [-0.4, -0.2) is 44.3 Å². The van der Waals surface area contributed by atoms with Crippen LogP contribution in [0.4, 0.5) is 5.95 Å². The second-order valence-electron chi connectivity index (χ2n) is 7.85. The van der Waals surface area contributed by atoms with Gasteiger partial charge in [0.1, 0.15) is 5.75 Å². The number of aromatic nitrogens is 2. The minimum absolute atomic E-state index is 0.313. The van der Waals surface area contributed by atoms with Crippen molar-refractivity contribution in [3.8, 4) is 5.75 Å². The van der Waals surface area contributed by atoms with Crippen molar-refractivity contribution >= 4 is 27.4 Å². The molecule has 6 nitrogen and oxygen atoms in total. The lowest BCUT2D eigenvalue weighted by Crippen LogP contribution is -2.35. The Morgan fingerprint density at radius 1 is 1.17 bits per heavy atom. The van der Waals surface area contributed by atoms with E-state index in [4.69, 9.17) is 16.3 Å². The molecule has 29 heavy (non-hydrogen) atoms. The summed E-state index contributed by atoms with van der Waals surface area (Å²) in [5, 5.41) is 0.561. The number of ether oxygens (including phenoxy) is 1. The van der Waals surface area contributed by atoms with Gasteiger partial charge in [0.2, 0.25) is 5.95 Å². The summed E-state index contributed by atoms with van der Waals surface area (Å²) in [6.07, 6.45) is 8.95. The van der Waals surface area contributed by atoms with E-state index in [0.29, 0.717) is 34.1 Å². The average Bonchev–Trinajstić information content (AvgIpc) is 2.69. The van der Waals surface area contributed by atoms with Crippen LogP contribution in [0.25, 0.3) is 0 Å². The number of nitrogens with zero attached hydrogens (tertiary/aromatic N) is 3. The molecule has 0 N–H and O–H groups in total. The zero-order valence-electron chi connectivity index (χ0n) is 16.9. The van der Waals surface area contributed by atoms with E-state index in [-0.39, 0.29) is 0 Å². The van der Waals surface area contributed by atoms with Crippen molar-refractivity contribution in [1.29, 1.82) is 0 Å². The average molecular weight is 438 g/mol. The lowest BCUT2D eigenvalue weighted by Gasteiger charge is -2.33. The number of anilines is 1. The smallest absolute Gasteiger partial charge is 0.225 e. The highest BCUT2D eigenvalue weighted by Crippen LogP contribution is 2.27. The van der Waals surface area contributed by atoms with Crippen molar-refractivity contribution in [1.82, 2.24) is 9.97 Å². The highest BCUT2D eigenvalue weighted by atomic mass is 35.5. The second kappa shape index (κ2) is 9.76. The van der Waals surface area contributed by atoms with Crippen molar-refractivity contribution in [3.05, 3.63) is 41.7 Å². The molecule has 3 rings (SSSR count). The summed E-state index contributed by atoms with van der Waals surface area (Å²) in [6, 6.07) is 6.61. The van der Waals surface area contributed by atoms with E-state index in [1.165, 1.54) is 12.7 Å². The van der Waals surface area contributed by atoms with Gasteiger partial charge in [-0.3, -0.25) is 0 Å². The molecular formula is C21H28ClN3O3S. The predicted molar refractivity (Wildman–Crippen MR) is 115 cm³/mol. The van der Waals surface area contributed by atoms with Crippen LogP contribution in [0.15, 0.2) is 41.6 Å². The Labute approximate surface area is 178 Å². The molecule has 1 aliphatic rings. The molecule has 1 atom stereocenters. The minimum atomic E-state index is -3.17. The van der Waals surface area contributed by atoms with Gasteiger partial charge in [-0.2, -0.15) is 0 Å². The van der Waals surface area contributed by atoms with Gasteiger partial charge in [-0.25, -0.2) is 18.4 Å². The molecule has 8 heteroatoms. The van der Waals surface area contributed by atoms with E-state index in [1.54, 1.807) is 36.7 Å². The van der Waals surface area contributed by atoms with Crippen LogP contribution in [-0.2, 0) is 9.84 Å². The number of sulfone groups is 1. The molecule has 0 unspecified atom stereocenters. The predicted octanol–water partition coefficient (Wildman–Crippen LogP) is 4.25. The Hall–Kier alpha value is -1.86. The third-order valence-electron chi connectivity index (χ3n) is 5.37. The van der Waals surface area contributed by atoms with Gasteiger partial charge < -0.3 is 9.64 Å². The lowest BCUT2D eigenvalue weighted by molar-refractivity contribution is 0.252. The standard InChI is InChI=1S/C21H28ClN3O3S/c1-16(9-12-28-19-3-5-20(6-4-19)29(2,26)27)13-17-7-10-25(11-8-17)21-23-14-18(22)15-24-21/h3-6,14-17H,7-13H2,1-2H3/t16-/m1/s1. The maximum Gasteiger partial charge on any atom is 0.225 e. The molecule has 1 aliphatic heterocycles. The van der Waals surface area contributed by atoms with Gasteiger partial charge in [0.15, 0.2) is 9.84 Å². The monoisotopic (exact) mass is 437 g/mol. The molecule has 158 valence electrons. The summed E-state index contributed by atoms with van der Waals surface area (Å²) in [6.45, 7) is 4.85. The Kier molecular flexibility index (Phi) is 7.35. The first-order chi connectivity index (χ1) is 13.8. The number of rotatable bonds is 8. The van der Waals surface area contributed by atoms with Gasteiger partial charge in [0.05, 0.1) is 28.9 Å². The normalized spacial score (nSPS) is 16.6. The van der Waals surface area contributed by atoms with Crippen molar-refractivity contribution < 1.29 is 13.2 Å². The van der Waals surface area contributed by atoms with E-state index in [2.05, 4.69) is 21.8 Å². The molecule has 0 spiro atoms. The number of hydrogen-bond donors (Lipinski definition) is 0. The van der Waals surface area contributed by atoms with Crippen molar-refractivity contribution in [3.63, 3.8) is 0 Å². The Bertz CT molecular complexity index is 880. The highest BCUT2D eigenvalue weighted by Gasteiger charge is 2.22. The van der Waals surface area contributed by atoms with E-state index in [9.17, 15) is 8.42 Å². The second-order valence-corrected chi connectivity index (χ2v) is 10.3. The molecule has 0 amide bonds. The van der Waals surface area contributed by atoms with Gasteiger partial charge in [0.25, 0.3) is 0 Å². The van der Waals surface area contributed by atoms with E-state index in [1.807, 2.05) is 0 Å². The zero-order chi connectivity index (χ0) is 20.9. The third kappa shape index (κ3) is 6.57. The summed E-state index contributed by atoms with van der Waals surface area (Å²) in [5.41, 5.74) is 0. The van der Waals surface area contributed by atoms with Crippen LogP contribution in [0.1, 0.15) is 32.6 Å². The molecule has 1 saturated heterocycles. The first-order valence-corrected chi connectivity index (χ1v) is 12.2. The molecule has 0 bridgehead atoms. The quantitative estimate of drug-likeness (QED) is 0.614. The molecular weight excluding hydrogens is 410 g/mol. The van der Waals surface area contributed by atoms with E-state index in [0.717, 1.165) is 38.3 Å². The first-order valence-electron chi connectivity index (χ1n) is 9.96.